The fourth-order valence-corrected chi connectivity index (χ4v) is 2.19. The van der Waals surface area contributed by atoms with Gasteiger partial charge in [0.2, 0.25) is 0 Å². The molecule has 0 amide bonds. The molecule has 116 valence electrons. The minimum Gasteiger partial charge on any atom is -0.442 e. The molecule has 3 aromatic rings. The van der Waals surface area contributed by atoms with Gasteiger partial charge in [-0.15, -0.1) is 5.10 Å². The number of halogens is 1. The summed E-state index contributed by atoms with van der Waals surface area (Å²) in [5.41, 5.74) is 0.924. The van der Waals surface area contributed by atoms with Gasteiger partial charge in [0.25, 0.3) is 5.56 Å². The Bertz CT molecular complexity index is 906. The number of hydrogen-bond donors (Lipinski definition) is 0. The molecular weight excluding hydrogens is 318 g/mol. The molecule has 0 spiro atoms. The quantitative estimate of drug-likeness (QED) is 0.686. The second kappa shape index (κ2) is 6.58. The summed E-state index contributed by atoms with van der Waals surface area (Å²) in [5, 5.41) is 8.70. The molecule has 0 bridgehead atoms. The van der Waals surface area contributed by atoms with Crippen LogP contribution in [0.1, 0.15) is 5.56 Å². The van der Waals surface area contributed by atoms with Crippen LogP contribution < -0.4 is 5.56 Å². The van der Waals surface area contributed by atoms with Crippen molar-refractivity contribution < 1.29 is 9.53 Å². The average Bonchev–Trinajstić information content (AvgIpc) is 2.57. The van der Waals surface area contributed by atoms with E-state index in [4.69, 9.17) is 16.3 Å². The first-order valence-electron chi connectivity index (χ1n) is 6.86. The normalized spacial score (nSPS) is 10.7. The molecule has 0 unspecified atom stereocenters. The second-order valence-corrected chi connectivity index (χ2v) is 5.30. The third-order valence-electron chi connectivity index (χ3n) is 3.24. The molecule has 2 aromatic carbocycles. The lowest BCUT2D eigenvalue weighted by Crippen LogP contribution is -2.26. The highest BCUT2D eigenvalue weighted by molar-refractivity contribution is 6.30. The van der Waals surface area contributed by atoms with Gasteiger partial charge in [-0.25, -0.2) is 0 Å². The van der Waals surface area contributed by atoms with E-state index in [0.717, 1.165) is 10.2 Å². The van der Waals surface area contributed by atoms with Gasteiger partial charge in [0, 0.05) is 5.02 Å². The maximum Gasteiger partial charge on any atom is 0.312 e. The summed E-state index contributed by atoms with van der Waals surface area (Å²) in [7, 11) is 0. The van der Waals surface area contributed by atoms with Crippen molar-refractivity contribution in [3.05, 3.63) is 69.5 Å². The summed E-state index contributed by atoms with van der Waals surface area (Å²) in [6.45, 7) is -0.275. The lowest BCUT2D eigenvalue weighted by molar-refractivity contribution is -0.147. The molecule has 0 fully saturated rings. The highest BCUT2D eigenvalue weighted by Crippen LogP contribution is 2.10. The van der Waals surface area contributed by atoms with E-state index in [0.29, 0.717) is 15.9 Å². The number of carbonyl (C=O) groups excluding carboxylic acids is 1. The third-order valence-corrected chi connectivity index (χ3v) is 3.49. The smallest absolute Gasteiger partial charge is 0.312 e. The number of rotatable bonds is 4. The molecule has 0 saturated carbocycles. The van der Waals surface area contributed by atoms with E-state index >= 15 is 0 Å². The van der Waals surface area contributed by atoms with Crippen LogP contribution in [-0.4, -0.2) is 21.0 Å². The van der Waals surface area contributed by atoms with E-state index < -0.39 is 5.97 Å². The minimum atomic E-state index is -0.464. The van der Waals surface area contributed by atoms with E-state index in [1.54, 1.807) is 48.5 Å². The molecule has 0 aliphatic carbocycles. The lowest BCUT2D eigenvalue weighted by Gasteiger charge is -2.06. The van der Waals surface area contributed by atoms with Crippen molar-refractivity contribution in [2.24, 2.45) is 0 Å². The van der Waals surface area contributed by atoms with E-state index in [1.807, 2.05) is 0 Å². The monoisotopic (exact) mass is 329 g/mol. The standard InChI is InChI=1S/C16H12ClN3O3/c17-12-7-5-11(6-8-12)9-15(21)23-10-20-16(22)13-3-1-2-4-14(13)18-19-20/h1-8H,9-10H2. The van der Waals surface area contributed by atoms with Gasteiger partial charge in [-0.3, -0.25) is 9.59 Å². The molecule has 0 atom stereocenters. The number of ether oxygens (including phenoxy) is 1. The fraction of sp³-hybridized carbons (Fsp3) is 0.125. The first-order chi connectivity index (χ1) is 11.1. The predicted octanol–water partition coefficient (Wildman–Crippen LogP) is 2.19. The van der Waals surface area contributed by atoms with Crippen LogP contribution in [0.3, 0.4) is 0 Å². The van der Waals surface area contributed by atoms with Crippen LogP contribution in [0.25, 0.3) is 10.9 Å². The van der Waals surface area contributed by atoms with Gasteiger partial charge in [-0.05, 0) is 29.8 Å². The Balaban J connectivity index is 1.68. The third kappa shape index (κ3) is 3.54. The van der Waals surface area contributed by atoms with Gasteiger partial charge in [0.1, 0.15) is 5.52 Å². The highest BCUT2D eigenvalue weighted by atomic mass is 35.5. The molecule has 0 radical (unpaired) electrons. The van der Waals surface area contributed by atoms with Gasteiger partial charge in [-0.2, -0.15) is 4.68 Å². The zero-order valence-electron chi connectivity index (χ0n) is 12.0. The van der Waals surface area contributed by atoms with Crippen LogP contribution in [0.2, 0.25) is 5.02 Å². The van der Waals surface area contributed by atoms with Crippen LogP contribution >= 0.6 is 11.6 Å². The predicted molar refractivity (Wildman–Crippen MR) is 85.0 cm³/mol. The molecule has 1 heterocycles. The number of benzene rings is 2. The average molecular weight is 330 g/mol. The zero-order chi connectivity index (χ0) is 16.2. The SMILES string of the molecule is O=C(Cc1ccc(Cl)cc1)OCn1nnc2ccccc2c1=O. The molecule has 23 heavy (non-hydrogen) atoms. The summed E-state index contributed by atoms with van der Waals surface area (Å²) >= 11 is 5.79. The van der Waals surface area contributed by atoms with E-state index in [1.165, 1.54) is 0 Å². The van der Waals surface area contributed by atoms with E-state index in [-0.39, 0.29) is 18.7 Å². The van der Waals surface area contributed by atoms with Gasteiger partial charge in [-0.1, -0.05) is 41.1 Å². The summed E-state index contributed by atoms with van der Waals surface area (Å²) in [6, 6.07) is 13.7. The van der Waals surface area contributed by atoms with Crippen molar-refractivity contribution in [2.45, 2.75) is 13.2 Å². The fourth-order valence-electron chi connectivity index (χ4n) is 2.06. The van der Waals surface area contributed by atoms with Crippen LogP contribution in [0, 0.1) is 0 Å². The number of esters is 1. The zero-order valence-corrected chi connectivity index (χ0v) is 12.7. The Hall–Kier alpha value is -2.73. The molecule has 7 heteroatoms. The Labute approximate surface area is 136 Å². The van der Waals surface area contributed by atoms with Gasteiger partial charge in [0.05, 0.1) is 11.8 Å². The van der Waals surface area contributed by atoms with Crippen LogP contribution in [0.4, 0.5) is 0 Å². The number of fused-ring (bicyclic) bond motifs is 1. The highest BCUT2D eigenvalue weighted by Gasteiger charge is 2.09. The van der Waals surface area contributed by atoms with Crippen molar-refractivity contribution in [3.8, 4) is 0 Å². The van der Waals surface area contributed by atoms with Crippen molar-refractivity contribution >= 4 is 28.5 Å². The van der Waals surface area contributed by atoms with Crippen molar-refractivity contribution in [2.75, 3.05) is 0 Å². The molecule has 0 N–H and O–H groups in total. The topological polar surface area (TPSA) is 74.1 Å². The molecular formula is C16H12ClN3O3. The van der Waals surface area contributed by atoms with Gasteiger partial charge >= 0.3 is 5.97 Å². The van der Waals surface area contributed by atoms with Gasteiger partial charge in [0.15, 0.2) is 6.73 Å². The first-order valence-corrected chi connectivity index (χ1v) is 7.24. The Kier molecular flexibility index (Phi) is 4.34. The van der Waals surface area contributed by atoms with Gasteiger partial charge < -0.3 is 4.74 Å². The number of hydrogen-bond acceptors (Lipinski definition) is 5. The number of nitrogens with zero attached hydrogens (tertiary/aromatic N) is 3. The number of aromatic nitrogens is 3. The molecule has 0 aliphatic rings. The first kappa shape index (κ1) is 15.2. The Morgan fingerprint density at radius 1 is 1.13 bits per heavy atom. The second-order valence-electron chi connectivity index (χ2n) is 4.86. The molecule has 0 saturated heterocycles. The van der Waals surface area contributed by atoms with Crippen LogP contribution in [0.5, 0.6) is 0 Å². The molecule has 1 aromatic heterocycles. The van der Waals surface area contributed by atoms with E-state index in [2.05, 4.69) is 10.3 Å². The molecule has 0 aliphatic heterocycles. The maximum atomic E-state index is 12.2. The van der Waals surface area contributed by atoms with Crippen LogP contribution in [-0.2, 0) is 22.7 Å². The number of carbonyl (C=O) groups is 1. The Morgan fingerprint density at radius 2 is 1.87 bits per heavy atom. The summed E-state index contributed by atoms with van der Waals surface area (Å²) < 4.78 is 6.10. The maximum absolute atomic E-state index is 12.2. The summed E-state index contributed by atoms with van der Waals surface area (Å²) in [5.74, 6) is -0.464. The van der Waals surface area contributed by atoms with Crippen molar-refractivity contribution in [1.82, 2.24) is 15.0 Å². The summed E-state index contributed by atoms with van der Waals surface area (Å²) in [6.07, 6.45) is 0.0902. The van der Waals surface area contributed by atoms with Crippen molar-refractivity contribution in [1.29, 1.82) is 0 Å². The van der Waals surface area contributed by atoms with Crippen molar-refractivity contribution in [3.63, 3.8) is 0 Å². The molecule has 3 rings (SSSR count). The van der Waals surface area contributed by atoms with E-state index in [9.17, 15) is 9.59 Å². The Morgan fingerprint density at radius 3 is 2.65 bits per heavy atom. The van der Waals surface area contributed by atoms with Crippen LogP contribution in [0.15, 0.2) is 53.3 Å². The summed E-state index contributed by atoms with van der Waals surface area (Å²) in [4.78, 5) is 24.0. The lowest BCUT2D eigenvalue weighted by atomic mass is 10.2. The largest absolute Gasteiger partial charge is 0.442 e. The minimum absolute atomic E-state index is 0.0902. The molecule has 6 nitrogen and oxygen atoms in total.